The quantitative estimate of drug-likeness (QED) is 0.783. The van der Waals surface area contributed by atoms with Gasteiger partial charge in [0, 0.05) is 11.6 Å². The Morgan fingerprint density at radius 1 is 1.37 bits per heavy atom. The van der Waals surface area contributed by atoms with E-state index in [1.165, 1.54) is 0 Å². The van der Waals surface area contributed by atoms with E-state index in [0.717, 1.165) is 11.1 Å². The first kappa shape index (κ1) is 15.2. The Labute approximate surface area is 113 Å². The van der Waals surface area contributed by atoms with Crippen molar-refractivity contribution in [1.82, 2.24) is 4.72 Å². The fourth-order valence-corrected chi connectivity index (χ4v) is 2.40. The second-order valence-corrected chi connectivity index (χ2v) is 5.64. The lowest BCUT2D eigenvalue weighted by atomic mass is 10.1. The summed E-state index contributed by atoms with van der Waals surface area (Å²) < 4.78 is 25.3. The molecule has 1 atom stereocenters. The van der Waals surface area contributed by atoms with Crippen LogP contribution in [0.3, 0.4) is 0 Å². The standard InChI is InChI=1S/C13H15N3O2S/c1-11(16-19(17,18)10-9-15)13-6-4-12(5-7-13)3-2-8-14/h4-7,11,16H,8,10,14H2,1H3. The fourth-order valence-electron chi connectivity index (χ4n) is 1.47. The van der Waals surface area contributed by atoms with Gasteiger partial charge in [0.05, 0.1) is 12.6 Å². The molecule has 1 aromatic rings. The molecule has 0 spiro atoms. The highest BCUT2D eigenvalue weighted by Gasteiger charge is 2.14. The molecule has 0 saturated heterocycles. The summed E-state index contributed by atoms with van der Waals surface area (Å²) in [5, 5.41) is 8.41. The van der Waals surface area contributed by atoms with E-state index in [1.54, 1.807) is 37.3 Å². The van der Waals surface area contributed by atoms with Crippen molar-refractivity contribution in [1.29, 1.82) is 5.26 Å². The van der Waals surface area contributed by atoms with Crippen molar-refractivity contribution in [2.45, 2.75) is 13.0 Å². The Balaban J connectivity index is 2.79. The zero-order chi connectivity index (χ0) is 14.3. The van der Waals surface area contributed by atoms with Crippen LogP contribution in [0.4, 0.5) is 0 Å². The summed E-state index contributed by atoms with van der Waals surface area (Å²) in [5.74, 6) is 5.08. The van der Waals surface area contributed by atoms with Gasteiger partial charge < -0.3 is 5.73 Å². The number of nitrogens with zero attached hydrogens (tertiary/aromatic N) is 1. The van der Waals surface area contributed by atoms with Crippen LogP contribution in [0.1, 0.15) is 24.1 Å². The number of nitrogens with one attached hydrogen (secondary N) is 1. The molecule has 0 amide bonds. The molecule has 19 heavy (non-hydrogen) atoms. The van der Waals surface area contributed by atoms with E-state index in [2.05, 4.69) is 16.6 Å². The summed E-state index contributed by atoms with van der Waals surface area (Å²) in [7, 11) is -3.56. The highest BCUT2D eigenvalue weighted by molar-refractivity contribution is 7.89. The Hall–Kier alpha value is -1.86. The molecule has 1 unspecified atom stereocenters. The number of sulfonamides is 1. The molecule has 0 aromatic heterocycles. The van der Waals surface area contributed by atoms with Gasteiger partial charge in [0.15, 0.2) is 5.75 Å². The van der Waals surface area contributed by atoms with Gasteiger partial charge in [-0.2, -0.15) is 5.26 Å². The van der Waals surface area contributed by atoms with Gasteiger partial charge in [0.25, 0.3) is 0 Å². The van der Waals surface area contributed by atoms with Crippen molar-refractivity contribution in [3.63, 3.8) is 0 Å². The van der Waals surface area contributed by atoms with Gasteiger partial charge in [-0.05, 0) is 24.6 Å². The Bertz CT molecular complexity index is 619. The Morgan fingerprint density at radius 3 is 2.53 bits per heavy atom. The molecule has 1 aromatic carbocycles. The summed E-state index contributed by atoms with van der Waals surface area (Å²) in [6.07, 6.45) is 0. The van der Waals surface area contributed by atoms with Gasteiger partial charge >= 0.3 is 0 Å². The maximum atomic E-state index is 11.5. The first-order chi connectivity index (χ1) is 8.98. The summed E-state index contributed by atoms with van der Waals surface area (Å²) in [6, 6.07) is 8.40. The van der Waals surface area contributed by atoms with Gasteiger partial charge in [-0.25, -0.2) is 13.1 Å². The Kier molecular flexibility index (Phi) is 5.53. The van der Waals surface area contributed by atoms with E-state index in [1.807, 2.05) is 0 Å². The lowest BCUT2D eigenvalue weighted by molar-refractivity contribution is 0.570. The monoisotopic (exact) mass is 277 g/mol. The van der Waals surface area contributed by atoms with Crippen molar-refractivity contribution in [2.75, 3.05) is 12.3 Å². The average Bonchev–Trinajstić information content (AvgIpc) is 2.36. The van der Waals surface area contributed by atoms with Crippen molar-refractivity contribution < 1.29 is 8.42 Å². The second-order valence-electron chi connectivity index (χ2n) is 3.88. The van der Waals surface area contributed by atoms with E-state index >= 15 is 0 Å². The third-order valence-electron chi connectivity index (χ3n) is 2.36. The molecule has 100 valence electrons. The molecule has 0 saturated carbocycles. The van der Waals surface area contributed by atoms with E-state index in [9.17, 15) is 8.42 Å². The molecule has 5 nitrogen and oxygen atoms in total. The number of hydrogen-bond acceptors (Lipinski definition) is 4. The fraction of sp³-hybridized carbons (Fsp3) is 0.308. The molecule has 0 fully saturated rings. The number of nitriles is 1. The minimum atomic E-state index is -3.56. The lowest BCUT2D eigenvalue weighted by Gasteiger charge is -2.13. The van der Waals surface area contributed by atoms with Gasteiger partial charge in [-0.15, -0.1) is 0 Å². The van der Waals surface area contributed by atoms with Crippen molar-refractivity contribution in [2.24, 2.45) is 5.73 Å². The topological polar surface area (TPSA) is 96.0 Å². The van der Waals surface area contributed by atoms with Crippen molar-refractivity contribution >= 4 is 10.0 Å². The first-order valence-electron chi connectivity index (χ1n) is 5.64. The first-order valence-corrected chi connectivity index (χ1v) is 7.29. The largest absolute Gasteiger partial charge is 0.320 e. The van der Waals surface area contributed by atoms with Gasteiger partial charge in [-0.1, -0.05) is 24.0 Å². The summed E-state index contributed by atoms with van der Waals surface area (Å²) in [4.78, 5) is 0. The third kappa shape index (κ3) is 5.11. The maximum absolute atomic E-state index is 11.5. The normalized spacial score (nSPS) is 12.1. The van der Waals surface area contributed by atoms with Crippen LogP contribution in [0.5, 0.6) is 0 Å². The van der Waals surface area contributed by atoms with Crippen LogP contribution in [0.25, 0.3) is 0 Å². The second kappa shape index (κ2) is 6.91. The van der Waals surface area contributed by atoms with Crippen LogP contribution in [0.2, 0.25) is 0 Å². The van der Waals surface area contributed by atoms with Crippen LogP contribution < -0.4 is 10.5 Å². The minimum absolute atomic E-state index is 0.298. The summed E-state index contributed by atoms with van der Waals surface area (Å²) in [6.45, 7) is 2.02. The van der Waals surface area contributed by atoms with Crippen LogP contribution in [-0.4, -0.2) is 20.7 Å². The van der Waals surface area contributed by atoms with Gasteiger partial charge in [0.2, 0.25) is 10.0 Å². The molecule has 0 aliphatic rings. The number of hydrogen-bond donors (Lipinski definition) is 2. The third-order valence-corrected chi connectivity index (χ3v) is 3.58. The molecule has 0 aliphatic carbocycles. The van der Waals surface area contributed by atoms with Crippen molar-refractivity contribution in [3.05, 3.63) is 35.4 Å². The highest BCUT2D eigenvalue weighted by atomic mass is 32.2. The zero-order valence-corrected chi connectivity index (χ0v) is 11.4. The van der Waals surface area contributed by atoms with E-state index in [-0.39, 0.29) is 0 Å². The molecule has 0 heterocycles. The number of benzene rings is 1. The van der Waals surface area contributed by atoms with E-state index in [0.29, 0.717) is 6.54 Å². The molecule has 6 heteroatoms. The maximum Gasteiger partial charge on any atom is 0.225 e. The van der Waals surface area contributed by atoms with Crippen molar-refractivity contribution in [3.8, 4) is 17.9 Å². The number of rotatable bonds is 4. The van der Waals surface area contributed by atoms with Crippen LogP contribution in [-0.2, 0) is 10.0 Å². The number of nitrogens with two attached hydrogens (primary N) is 1. The lowest BCUT2D eigenvalue weighted by Crippen LogP contribution is -2.28. The van der Waals surface area contributed by atoms with Gasteiger partial charge in [0.1, 0.15) is 0 Å². The predicted molar refractivity (Wildman–Crippen MR) is 73.3 cm³/mol. The summed E-state index contributed by atoms with van der Waals surface area (Å²) in [5.41, 5.74) is 6.90. The molecular formula is C13H15N3O2S. The van der Waals surface area contributed by atoms with Crippen LogP contribution in [0.15, 0.2) is 24.3 Å². The van der Waals surface area contributed by atoms with Gasteiger partial charge in [-0.3, -0.25) is 0 Å². The molecular weight excluding hydrogens is 262 g/mol. The minimum Gasteiger partial charge on any atom is -0.320 e. The zero-order valence-electron chi connectivity index (χ0n) is 10.6. The Morgan fingerprint density at radius 2 is 2.00 bits per heavy atom. The predicted octanol–water partition coefficient (Wildman–Crippen LogP) is 0.501. The highest BCUT2D eigenvalue weighted by Crippen LogP contribution is 2.14. The summed E-state index contributed by atoms with van der Waals surface area (Å²) >= 11 is 0. The smallest absolute Gasteiger partial charge is 0.225 e. The molecule has 0 bridgehead atoms. The molecule has 0 aliphatic heterocycles. The average molecular weight is 277 g/mol. The molecule has 1 rings (SSSR count). The SMILES string of the molecule is CC(NS(=O)(=O)CC#N)c1ccc(C#CCN)cc1. The van der Waals surface area contributed by atoms with Crippen LogP contribution >= 0.6 is 0 Å². The van der Waals surface area contributed by atoms with E-state index in [4.69, 9.17) is 11.0 Å². The molecule has 0 radical (unpaired) electrons. The van der Waals surface area contributed by atoms with E-state index < -0.39 is 21.8 Å². The molecule has 3 N–H and O–H groups in total. The van der Waals surface area contributed by atoms with Crippen LogP contribution in [0, 0.1) is 23.2 Å².